The predicted molar refractivity (Wildman–Crippen MR) is 75.2 cm³/mol. The standard InChI is InChI=1S/C14H10Cl2F3N/c15-11-4-2-1-3-9(11)8-20-13-6-5-10(7-12(13)16)14(17,18)19/h1-7,20H,8H2. The molecule has 0 aliphatic rings. The lowest BCUT2D eigenvalue weighted by Gasteiger charge is -2.12. The van der Waals surface area contributed by atoms with Gasteiger partial charge in [0, 0.05) is 11.6 Å². The van der Waals surface area contributed by atoms with Gasteiger partial charge in [0.2, 0.25) is 0 Å². The summed E-state index contributed by atoms with van der Waals surface area (Å²) in [5, 5.41) is 3.57. The van der Waals surface area contributed by atoms with Crippen LogP contribution in [0.25, 0.3) is 0 Å². The number of alkyl halides is 3. The lowest BCUT2D eigenvalue weighted by Crippen LogP contribution is -2.06. The van der Waals surface area contributed by atoms with Crippen molar-refractivity contribution in [1.29, 1.82) is 0 Å². The SMILES string of the molecule is FC(F)(F)c1ccc(NCc2ccccc2Cl)c(Cl)c1. The molecule has 2 aromatic rings. The number of benzene rings is 2. The normalized spacial score (nSPS) is 11.4. The van der Waals surface area contributed by atoms with Crippen molar-refractivity contribution in [2.24, 2.45) is 0 Å². The molecule has 0 heterocycles. The number of rotatable bonds is 3. The van der Waals surface area contributed by atoms with Crippen molar-refractivity contribution < 1.29 is 13.2 Å². The molecule has 0 bridgehead atoms. The Balaban J connectivity index is 2.13. The van der Waals surface area contributed by atoms with E-state index in [1.54, 1.807) is 12.1 Å². The average molecular weight is 320 g/mol. The Morgan fingerprint density at radius 1 is 0.950 bits per heavy atom. The molecule has 6 heteroatoms. The minimum Gasteiger partial charge on any atom is -0.380 e. The van der Waals surface area contributed by atoms with Gasteiger partial charge in [-0.15, -0.1) is 0 Å². The van der Waals surface area contributed by atoms with Crippen molar-refractivity contribution in [2.45, 2.75) is 12.7 Å². The van der Waals surface area contributed by atoms with Gasteiger partial charge in [-0.2, -0.15) is 13.2 Å². The predicted octanol–water partition coefficient (Wildman–Crippen LogP) is 5.62. The average Bonchev–Trinajstić information content (AvgIpc) is 2.38. The highest BCUT2D eigenvalue weighted by Crippen LogP contribution is 2.34. The van der Waals surface area contributed by atoms with Gasteiger partial charge in [-0.25, -0.2) is 0 Å². The van der Waals surface area contributed by atoms with E-state index in [0.29, 0.717) is 17.3 Å². The summed E-state index contributed by atoms with van der Waals surface area (Å²) in [7, 11) is 0. The highest BCUT2D eigenvalue weighted by atomic mass is 35.5. The van der Waals surface area contributed by atoms with Crippen LogP contribution in [-0.2, 0) is 12.7 Å². The van der Waals surface area contributed by atoms with Crippen LogP contribution in [0.1, 0.15) is 11.1 Å². The van der Waals surface area contributed by atoms with Crippen molar-refractivity contribution in [3.8, 4) is 0 Å². The Morgan fingerprint density at radius 2 is 1.65 bits per heavy atom. The molecular formula is C14H10Cl2F3N. The first-order valence-corrected chi connectivity index (χ1v) is 6.47. The molecule has 20 heavy (non-hydrogen) atoms. The molecule has 0 radical (unpaired) electrons. The molecule has 1 N–H and O–H groups in total. The van der Waals surface area contributed by atoms with Crippen LogP contribution in [0.4, 0.5) is 18.9 Å². The van der Waals surface area contributed by atoms with Gasteiger partial charge in [0.15, 0.2) is 0 Å². The van der Waals surface area contributed by atoms with E-state index < -0.39 is 11.7 Å². The molecule has 0 spiro atoms. The fourth-order valence-electron chi connectivity index (χ4n) is 1.67. The summed E-state index contributed by atoms with van der Waals surface area (Å²) in [5.74, 6) is 0. The number of anilines is 1. The second kappa shape index (κ2) is 5.94. The Morgan fingerprint density at radius 3 is 2.25 bits per heavy atom. The van der Waals surface area contributed by atoms with Crippen LogP contribution in [0.3, 0.4) is 0 Å². The zero-order chi connectivity index (χ0) is 14.8. The van der Waals surface area contributed by atoms with Gasteiger partial charge >= 0.3 is 6.18 Å². The summed E-state index contributed by atoms with van der Waals surface area (Å²) in [6, 6.07) is 10.4. The molecule has 2 aromatic carbocycles. The molecule has 0 fully saturated rings. The van der Waals surface area contributed by atoms with Gasteiger partial charge in [0.1, 0.15) is 0 Å². The molecule has 0 unspecified atom stereocenters. The molecule has 0 aromatic heterocycles. The van der Waals surface area contributed by atoms with Gasteiger partial charge in [0.05, 0.1) is 16.3 Å². The topological polar surface area (TPSA) is 12.0 Å². The zero-order valence-corrected chi connectivity index (χ0v) is 11.7. The lowest BCUT2D eigenvalue weighted by molar-refractivity contribution is -0.137. The third kappa shape index (κ3) is 3.58. The van der Waals surface area contributed by atoms with Crippen molar-refractivity contribution in [3.63, 3.8) is 0 Å². The van der Waals surface area contributed by atoms with Crippen molar-refractivity contribution in [2.75, 3.05) is 5.32 Å². The van der Waals surface area contributed by atoms with Crippen LogP contribution in [0.5, 0.6) is 0 Å². The number of halogens is 5. The maximum Gasteiger partial charge on any atom is 0.416 e. The first kappa shape index (κ1) is 15.0. The molecule has 0 saturated heterocycles. The van der Waals surface area contributed by atoms with Crippen LogP contribution >= 0.6 is 23.2 Å². The Kier molecular flexibility index (Phi) is 4.45. The van der Waals surface area contributed by atoms with E-state index in [1.807, 2.05) is 12.1 Å². The second-order valence-electron chi connectivity index (χ2n) is 4.14. The smallest absolute Gasteiger partial charge is 0.380 e. The summed E-state index contributed by atoms with van der Waals surface area (Å²) in [4.78, 5) is 0. The van der Waals surface area contributed by atoms with Gasteiger partial charge in [-0.1, -0.05) is 41.4 Å². The molecule has 2 rings (SSSR count). The largest absolute Gasteiger partial charge is 0.416 e. The Bertz CT molecular complexity index is 612. The van der Waals surface area contributed by atoms with E-state index in [9.17, 15) is 13.2 Å². The lowest BCUT2D eigenvalue weighted by atomic mass is 10.2. The van der Waals surface area contributed by atoms with Crippen LogP contribution in [0.15, 0.2) is 42.5 Å². The first-order chi connectivity index (χ1) is 9.38. The third-order valence-corrected chi connectivity index (χ3v) is 3.40. The fourth-order valence-corrected chi connectivity index (χ4v) is 2.12. The van der Waals surface area contributed by atoms with Crippen LogP contribution in [-0.4, -0.2) is 0 Å². The van der Waals surface area contributed by atoms with Gasteiger partial charge < -0.3 is 5.32 Å². The number of hydrogen-bond donors (Lipinski definition) is 1. The minimum atomic E-state index is -4.40. The molecule has 106 valence electrons. The van der Waals surface area contributed by atoms with E-state index in [2.05, 4.69) is 5.32 Å². The quantitative estimate of drug-likeness (QED) is 0.773. The highest BCUT2D eigenvalue weighted by molar-refractivity contribution is 6.33. The summed E-state index contributed by atoms with van der Waals surface area (Å²) in [5.41, 5.74) is 0.496. The van der Waals surface area contributed by atoms with E-state index in [-0.39, 0.29) is 5.02 Å². The Labute approximate surface area is 124 Å². The zero-order valence-electron chi connectivity index (χ0n) is 10.1. The van der Waals surface area contributed by atoms with Crippen LogP contribution in [0.2, 0.25) is 10.0 Å². The molecule has 0 saturated carbocycles. The van der Waals surface area contributed by atoms with Crippen molar-refractivity contribution in [3.05, 3.63) is 63.6 Å². The number of nitrogens with one attached hydrogen (secondary N) is 1. The summed E-state index contributed by atoms with van der Waals surface area (Å²) >= 11 is 11.8. The monoisotopic (exact) mass is 319 g/mol. The fraction of sp³-hybridized carbons (Fsp3) is 0.143. The van der Waals surface area contributed by atoms with E-state index >= 15 is 0 Å². The maximum absolute atomic E-state index is 12.5. The Hall–Kier alpha value is -1.39. The molecule has 0 aliphatic carbocycles. The van der Waals surface area contributed by atoms with Gasteiger partial charge in [-0.05, 0) is 29.8 Å². The van der Waals surface area contributed by atoms with Crippen LogP contribution in [0, 0.1) is 0 Å². The van der Waals surface area contributed by atoms with Crippen LogP contribution < -0.4 is 5.32 Å². The van der Waals surface area contributed by atoms with E-state index in [4.69, 9.17) is 23.2 Å². The van der Waals surface area contributed by atoms with Crippen molar-refractivity contribution in [1.82, 2.24) is 0 Å². The van der Waals surface area contributed by atoms with Crippen molar-refractivity contribution >= 4 is 28.9 Å². The molecule has 1 nitrogen and oxygen atoms in total. The minimum absolute atomic E-state index is 0.0203. The summed E-state index contributed by atoms with van der Waals surface area (Å²) < 4.78 is 37.5. The molecular weight excluding hydrogens is 310 g/mol. The maximum atomic E-state index is 12.5. The van der Waals surface area contributed by atoms with E-state index in [0.717, 1.165) is 17.7 Å². The summed E-state index contributed by atoms with van der Waals surface area (Å²) in [6.45, 7) is 0.380. The second-order valence-corrected chi connectivity index (χ2v) is 4.95. The number of hydrogen-bond acceptors (Lipinski definition) is 1. The summed E-state index contributed by atoms with van der Waals surface area (Å²) in [6.07, 6.45) is -4.40. The first-order valence-electron chi connectivity index (χ1n) is 5.72. The molecule has 0 aliphatic heterocycles. The molecule has 0 amide bonds. The van der Waals surface area contributed by atoms with Gasteiger partial charge in [-0.3, -0.25) is 0 Å². The van der Waals surface area contributed by atoms with Gasteiger partial charge in [0.25, 0.3) is 0 Å². The molecule has 0 atom stereocenters. The third-order valence-electron chi connectivity index (χ3n) is 2.72. The highest BCUT2D eigenvalue weighted by Gasteiger charge is 2.30. The van der Waals surface area contributed by atoms with E-state index in [1.165, 1.54) is 6.07 Å².